The Morgan fingerprint density at radius 3 is 2.70 bits per heavy atom. The first-order valence-electron chi connectivity index (χ1n) is 7.99. The van der Waals surface area contributed by atoms with Crippen molar-refractivity contribution in [2.24, 2.45) is 0 Å². The van der Waals surface area contributed by atoms with E-state index < -0.39 is 17.8 Å². The number of nitrogens with one attached hydrogen (secondary N) is 2. The van der Waals surface area contributed by atoms with Crippen molar-refractivity contribution in [1.82, 2.24) is 25.1 Å². The third-order valence-corrected chi connectivity index (χ3v) is 3.72. The Bertz CT molecular complexity index is 898. The van der Waals surface area contributed by atoms with Gasteiger partial charge in [0.15, 0.2) is 11.6 Å². The summed E-state index contributed by atoms with van der Waals surface area (Å²) in [7, 11) is 1.53. The van der Waals surface area contributed by atoms with Crippen LogP contribution in [0.15, 0.2) is 36.7 Å². The summed E-state index contributed by atoms with van der Waals surface area (Å²) in [5.41, 5.74) is 0.316. The van der Waals surface area contributed by atoms with Crippen LogP contribution in [0.2, 0.25) is 0 Å². The first-order chi connectivity index (χ1) is 12.9. The van der Waals surface area contributed by atoms with Gasteiger partial charge in [0.2, 0.25) is 0 Å². The number of H-pyrrole nitrogens is 1. The van der Waals surface area contributed by atoms with Crippen LogP contribution in [0.1, 0.15) is 34.5 Å². The molecule has 1 unspecified atom stereocenters. The lowest BCUT2D eigenvalue weighted by molar-refractivity contribution is -0.137. The fraction of sp³-hybridized carbons (Fsp3) is 0.294. The number of aromatic nitrogens is 5. The van der Waals surface area contributed by atoms with E-state index in [-0.39, 0.29) is 6.61 Å². The molecular formula is C17H17F3N6O. The second-order valence-corrected chi connectivity index (χ2v) is 5.82. The van der Waals surface area contributed by atoms with Crippen molar-refractivity contribution in [3.05, 3.63) is 65.1 Å². The zero-order valence-electron chi connectivity index (χ0n) is 14.6. The lowest BCUT2D eigenvalue weighted by Gasteiger charge is -2.19. The molecule has 1 atom stereocenters. The van der Waals surface area contributed by atoms with Gasteiger partial charge in [0, 0.05) is 18.9 Å². The molecule has 0 saturated carbocycles. The molecule has 0 fully saturated rings. The lowest BCUT2D eigenvalue weighted by Crippen LogP contribution is -2.17. The van der Waals surface area contributed by atoms with Crippen LogP contribution in [0.4, 0.5) is 19.0 Å². The number of aromatic amines is 1. The molecule has 10 heteroatoms. The molecule has 0 spiro atoms. The molecule has 142 valence electrons. The normalized spacial score (nSPS) is 12.8. The van der Waals surface area contributed by atoms with E-state index in [1.165, 1.54) is 19.5 Å². The predicted octanol–water partition coefficient (Wildman–Crippen LogP) is 3.27. The fourth-order valence-corrected chi connectivity index (χ4v) is 2.60. The van der Waals surface area contributed by atoms with E-state index in [0.717, 1.165) is 12.1 Å². The Hall–Kier alpha value is -3.01. The largest absolute Gasteiger partial charge is 0.416 e. The number of halogens is 3. The Kier molecular flexibility index (Phi) is 5.36. The molecule has 2 heterocycles. The average Bonchev–Trinajstić information content (AvgIpc) is 3.13. The molecule has 0 bridgehead atoms. The van der Waals surface area contributed by atoms with Crippen molar-refractivity contribution < 1.29 is 17.9 Å². The zero-order valence-corrected chi connectivity index (χ0v) is 14.6. The Morgan fingerprint density at radius 2 is 2.04 bits per heavy atom. The van der Waals surface area contributed by atoms with Gasteiger partial charge >= 0.3 is 6.18 Å². The summed E-state index contributed by atoms with van der Waals surface area (Å²) in [6, 6.07) is 6.01. The third-order valence-electron chi connectivity index (χ3n) is 3.72. The highest BCUT2D eigenvalue weighted by molar-refractivity contribution is 5.43. The maximum atomic E-state index is 13.1. The van der Waals surface area contributed by atoms with Crippen LogP contribution in [-0.4, -0.2) is 32.3 Å². The monoisotopic (exact) mass is 378 g/mol. The van der Waals surface area contributed by atoms with E-state index in [4.69, 9.17) is 4.74 Å². The van der Waals surface area contributed by atoms with E-state index in [2.05, 4.69) is 30.5 Å². The van der Waals surface area contributed by atoms with Crippen LogP contribution in [0, 0.1) is 6.92 Å². The summed E-state index contributed by atoms with van der Waals surface area (Å²) in [6.07, 6.45) is -3.15. The SMILES string of the molecule is COCc1nc(C)cc(NC(c2cccc(C(F)(F)F)c2)c2ncn[nH]2)n1. The second-order valence-electron chi connectivity index (χ2n) is 5.82. The number of alkyl halides is 3. The molecule has 0 aliphatic carbocycles. The Balaban J connectivity index is 1.99. The number of anilines is 1. The van der Waals surface area contributed by atoms with Gasteiger partial charge in [0.1, 0.15) is 24.8 Å². The first-order valence-corrected chi connectivity index (χ1v) is 7.99. The van der Waals surface area contributed by atoms with Gasteiger partial charge in [-0.1, -0.05) is 12.1 Å². The number of ether oxygens (including phenoxy) is 1. The summed E-state index contributed by atoms with van der Waals surface area (Å²) in [5, 5.41) is 9.60. The molecule has 0 radical (unpaired) electrons. The summed E-state index contributed by atoms with van der Waals surface area (Å²) >= 11 is 0. The van der Waals surface area contributed by atoms with Gasteiger partial charge in [-0.3, -0.25) is 5.10 Å². The summed E-state index contributed by atoms with van der Waals surface area (Å²) < 4.78 is 44.3. The topological polar surface area (TPSA) is 88.6 Å². The fourth-order valence-electron chi connectivity index (χ4n) is 2.60. The maximum absolute atomic E-state index is 13.1. The van der Waals surface area contributed by atoms with Gasteiger partial charge in [-0.15, -0.1) is 0 Å². The first kappa shape index (κ1) is 18.8. The van der Waals surface area contributed by atoms with Crippen molar-refractivity contribution in [3.63, 3.8) is 0 Å². The van der Waals surface area contributed by atoms with Gasteiger partial charge < -0.3 is 10.1 Å². The minimum absolute atomic E-state index is 0.215. The van der Waals surface area contributed by atoms with Crippen LogP contribution in [0.3, 0.4) is 0 Å². The predicted molar refractivity (Wildman–Crippen MR) is 90.8 cm³/mol. The standard InChI is InChI=1S/C17H17F3N6O/c1-10-6-13(24-14(23-10)8-27-2)25-15(16-21-9-22-26-16)11-4-3-5-12(7-11)17(18,19)20/h3-7,9,15H,8H2,1-2H3,(H,21,22,26)(H,23,24,25). The molecule has 7 nitrogen and oxygen atoms in total. The molecule has 3 rings (SSSR count). The van der Waals surface area contributed by atoms with Gasteiger partial charge in [0.25, 0.3) is 0 Å². The molecule has 1 aromatic carbocycles. The zero-order chi connectivity index (χ0) is 19.4. The van der Waals surface area contributed by atoms with Crippen LogP contribution >= 0.6 is 0 Å². The quantitative estimate of drug-likeness (QED) is 0.684. The molecule has 0 aliphatic rings. The molecule has 2 aromatic heterocycles. The van der Waals surface area contributed by atoms with Crippen molar-refractivity contribution in [1.29, 1.82) is 0 Å². The molecule has 3 aromatic rings. The van der Waals surface area contributed by atoms with Gasteiger partial charge in [-0.05, 0) is 24.6 Å². The number of nitrogens with zero attached hydrogens (tertiary/aromatic N) is 4. The number of methoxy groups -OCH3 is 1. The smallest absolute Gasteiger partial charge is 0.377 e. The average molecular weight is 378 g/mol. The van der Waals surface area contributed by atoms with E-state index in [0.29, 0.717) is 28.7 Å². The van der Waals surface area contributed by atoms with Gasteiger partial charge in [0.05, 0.1) is 5.56 Å². The number of hydrogen-bond donors (Lipinski definition) is 2. The Morgan fingerprint density at radius 1 is 1.22 bits per heavy atom. The Labute approximate surface area is 153 Å². The molecule has 2 N–H and O–H groups in total. The van der Waals surface area contributed by atoms with Crippen molar-refractivity contribution in [3.8, 4) is 0 Å². The second kappa shape index (κ2) is 7.70. The highest BCUT2D eigenvalue weighted by atomic mass is 19.4. The molecule has 0 saturated heterocycles. The number of hydrogen-bond acceptors (Lipinski definition) is 6. The minimum atomic E-state index is -4.45. The number of rotatable bonds is 6. The van der Waals surface area contributed by atoms with Gasteiger partial charge in [-0.2, -0.15) is 18.3 Å². The van der Waals surface area contributed by atoms with Crippen molar-refractivity contribution in [2.75, 3.05) is 12.4 Å². The number of benzene rings is 1. The summed E-state index contributed by atoms with van der Waals surface area (Å²) in [4.78, 5) is 12.7. The number of aryl methyl sites for hydroxylation is 1. The van der Waals surface area contributed by atoms with E-state index in [1.54, 1.807) is 19.1 Å². The van der Waals surface area contributed by atoms with Crippen LogP contribution in [0.5, 0.6) is 0 Å². The molecule has 0 amide bonds. The summed E-state index contributed by atoms with van der Waals surface area (Å²) in [6.45, 7) is 2.01. The van der Waals surface area contributed by atoms with E-state index in [9.17, 15) is 13.2 Å². The van der Waals surface area contributed by atoms with Gasteiger partial charge in [-0.25, -0.2) is 15.0 Å². The summed E-state index contributed by atoms with van der Waals surface area (Å²) in [5.74, 6) is 1.26. The lowest BCUT2D eigenvalue weighted by atomic mass is 10.0. The van der Waals surface area contributed by atoms with Crippen molar-refractivity contribution >= 4 is 5.82 Å². The van der Waals surface area contributed by atoms with E-state index in [1.807, 2.05) is 0 Å². The van der Waals surface area contributed by atoms with Crippen molar-refractivity contribution in [2.45, 2.75) is 25.7 Å². The maximum Gasteiger partial charge on any atom is 0.416 e. The van der Waals surface area contributed by atoms with Crippen LogP contribution in [-0.2, 0) is 17.5 Å². The molecular weight excluding hydrogens is 361 g/mol. The minimum Gasteiger partial charge on any atom is -0.377 e. The third kappa shape index (κ3) is 4.59. The van der Waals surface area contributed by atoms with E-state index >= 15 is 0 Å². The molecule has 0 aliphatic heterocycles. The highest BCUT2D eigenvalue weighted by Crippen LogP contribution is 2.32. The van der Waals surface area contributed by atoms with Crippen LogP contribution in [0.25, 0.3) is 0 Å². The van der Waals surface area contributed by atoms with Crippen LogP contribution < -0.4 is 5.32 Å². The highest BCUT2D eigenvalue weighted by Gasteiger charge is 2.31. The molecule has 27 heavy (non-hydrogen) atoms.